The van der Waals surface area contributed by atoms with Crippen LogP contribution in [0.4, 0.5) is 0 Å². The number of rotatable bonds is 4. The summed E-state index contributed by atoms with van der Waals surface area (Å²) in [7, 11) is 3.03. The van der Waals surface area contributed by atoms with Crippen LogP contribution in [-0.2, 0) is 0 Å². The number of methoxy groups -OCH3 is 2. The molecular weight excluding hydrogens is 346 g/mol. The van der Waals surface area contributed by atoms with Crippen LogP contribution in [0.3, 0.4) is 0 Å². The Hall–Kier alpha value is -3.28. The Morgan fingerprint density at radius 2 is 1.81 bits per heavy atom. The molecule has 6 nitrogen and oxygen atoms in total. The van der Waals surface area contributed by atoms with Gasteiger partial charge in [0.25, 0.3) is 0 Å². The molecule has 3 aromatic rings. The number of ketones is 1. The third-order valence-electron chi connectivity index (χ3n) is 4.59. The summed E-state index contributed by atoms with van der Waals surface area (Å²) < 4.78 is 16.9. The highest BCUT2D eigenvalue weighted by Crippen LogP contribution is 2.50. The molecular formula is C21H19NO5. The van der Waals surface area contributed by atoms with Gasteiger partial charge in [-0.1, -0.05) is 0 Å². The molecule has 1 N–H and O–H groups in total. The lowest BCUT2D eigenvalue weighted by Gasteiger charge is -2.24. The Labute approximate surface area is 156 Å². The van der Waals surface area contributed by atoms with E-state index in [0.717, 1.165) is 5.39 Å². The molecule has 6 heteroatoms. The molecule has 1 aliphatic rings. The lowest BCUT2D eigenvalue weighted by atomic mass is 9.84. The van der Waals surface area contributed by atoms with E-state index < -0.39 is 0 Å². The number of hydrogen-bond donors (Lipinski definition) is 1. The van der Waals surface area contributed by atoms with Crippen LogP contribution in [0.15, 0.2) is 30.5 Å². The van der Waals surface area contributed by atoms with Crippen molar-refractivity contribution >= 4 is 16.6 Å². The van der Waals surface area contributed by atoms with E-state index in [1.807, 2.05) is 26.0 Å². The van der Waals surface area contributed by atoms with Crippen molar-refractivity contribution in [1.29, 1.82) is 0 Å². The van der Waals surface area contributed by atoms with E-state index in [-0.39, 0.29) is 23.4 Å². The number of ether oxygens (including phenoxy) is 3. The first-order valence-corrected chi connectivity index (χ1v) is 8.58. The predicted octanol–water partition coefficient (Wildman–Crippen LogP) is 3.96. The third kappa shape index (κ3) is 2.48. The smallest absolute Gasteiger partial charge is 0.212 e. The van der Waals surface area contributed by atoms with E-state index in [1.165, 1.54) is 13.2 Å². The van der Waals surface area contributed by atoms with E-state index in [0.29, 0.717) is 39.3 Å². The Kier molecular flexibility index (Phi) is 3.91. The number of carbonyl (C=O) groups is 1. The molecule has 4 rings (SSSR count). The summed E-state index contributed by atoms with van der Waals surface area (Å²) in [6.07, 6.45) is 1.54. The zero-order valence-electron chi connectivity index (χ0n) is 15.5. The Balaban J connectivity index is 2.17. The van der Waals surface area contributed by atoms with Crippen molar-refractivity contribution < 1.29 is 24.1 Å². The molecule has 1 heterocycles. The summed E-state index contributed by atoms with van der Waals surface area (Å²) in [5.41, 5.74) is 2.00. The second kappa shape index (κ2) is 6.16. The van der Waals surface area contributed by atoms with E-state index >= 15 is 0 Å². The molecule has 0 atom stereocenters. The number of carbonyl (C=O) groups excluding carboxylic acids is 1. The quantitative estimate of drug-likeness (QED) is 0.590. The molecule has 1 aromatic heterocycles. The number of aromatic hydroxyl groups is 1. The van der Waals surface area contributed by atoms with Gasteiger partial charge in [0.05, 0.1) is 20.3 Å². The van der Waals surface area contributed by atoms with E-state index in [2.05, 4.69) is 4.98 Å². The van der Waals surface area contributed by atoms with Gasteiger partial charge in [-0.25, -0.2) is 0 Å². The summed E-state index contributed by atoms with van der Waals surface area (Å²) in [6.45, 7) is 3.87. The van der Waals surface area contributed by atoms with Gasteiger partial charge in [0.2, 0.25) is 5.78 Å². The Bertz CT molecular complexity index is 1090. The van der Waals surface area contributed by atoms with Crippen molar-refractivity contribution in [2.24, 2.45) is 0 Å². The Morgan fingerprint density at radius 3 is 2.48 bits per heavy atom. The van der Waals surface area contributed by atoms with Crippen LogP contribution in [0, 0.1) is 0 Å². The molecule has 0 fully saturated rings. The molecule has 0 unspecified atom stereocenters. The highest BCUT2D eigenvalue weighted by molar-refractivity contribution is 6.26. The van der Waals surface area contributed by atoms with Crippen molar-refractivity contribution in [2.75, 3.05) is 14.2 Å². The van der Waals surface area contributed by atoms with Gasteiger partial charge >= 0.3 is 0 Å². The van der Waals surface area contributed by atoms with Gasteiger partial charge in [-0.15, -0.1) is 0 Å². The van der Waals surface area contributed by atoms with E-state index in [1.54, 1.807) is 19.4 Å². The van der Waals surface area contributed by atoms with Gasteiger partial charge in [-0.2, -0.15) is 0 Å². The Morgan fingerprint density at radius 1 is 1.04 bits per heavy atom. The second-order valence-electron chi connectivity index (χ2n) is 6.61. The highest BCUT2D eigenvalue weighted by atomic mass is 16.5. The molecule has 0 amide bonds. The largest absolute Gasteiger partial charge is 0.504 e. The van der Waals surface area contributed by atoms with Crippen LogP contribution < -0.4 is 14.2 Å². The maximum Gasteiger partial charge on any atom is 0.212 e. The van der Waals surface area contributed by atoms with Gasteiger partial charge in [-0.05, 0) is 43.5 Å². The fourth-order valence-corrected chi connectivity index (χ4v) is 3.53. The zero-order valence-corrected chi connectivity index (χ0v) is 15.5. The molecule has 2 aromatic carbocycles. The number of fused-ring (bicyclic) bond motifs is 2. The summed E-state index contributed by atoms with van der Waals surface area (Å²) in [5.74, 6) is 1.03. The molecule has 138 valence electrons. The van der Waals surface area contributed by atoms with Gasteiger partial charge in [0, 0.05) is 28.3 Å². The predicted molar refractivity (Wildman–Crippen MR) is 101 cm³/mol. The molecule has 0 saturated heterocycles. The van der Waals surface area contributed by atoms with Gasteiger partial charge in [0.1, 0.15) is 5.69 Å². The molecule has 0 aliphatic heterocycles. The van der Waals surface area contributed by atoms with Gasteiger partial charge < -0.3 is 19.3 Å². The van der Waals surface area contributed by atoms with Crippen LogP contribution >= 0.6 is 0 Å². The number of phenols is 1. The third-order valence-corrected chi connectivity index (χ3v) is 4.59. The fourth-order valence-electron chi connectivity index (χ4n) is 3.53. The van der Waals surface area contributed by atoms with Crippen LogP contribution in [0.5, 0.6) is 23.0 Å². The van der Waals surface area contributed by atoms with E-state index in [9.17, 15) is 9.90 Å². The standard InChI is InChI=1S/C21H19NO5/c1-10(2)27-16-7-11-5-6-22-19-17(11)18(21(16)26-4)12-9-15(25-3)14(23)8-13(12)20(19)24/h5-10,23H,1-4H3. The lowest BCUT2D eigenvalue weighted by molar-refractivity contribution is 0.103. The first-order chi connectivity index (χ1) is 13.0. The summed E-state index contributed by atoms with van der Waals surface area (Å²) in [4.78, 5) is 17.3. The minimum absolute atomic E-state index is 0.0519. The monoisotopic (exact) mass is 365 g/mol. The first kappa shape index (κ1) is 17.1. The molecule has 0 spiro atoms. The number of nitrogens with zero attached hydrogens (tertiary/aromatic N) is 1. The maximum atomic E-state index is 13.0. The minimum atomic E-state index is -0.249. The number of aromatic nitrogens is 1. The molecule has 0 bridgehead atoms. The highest BCUT2D eigenvalue weighted by Gasteiger charge is 2.32. The number of phenolic OH excluding ortho intramolecular Hbond substituents is 1. The first-order valence-electron chi connectivity index (χ1n) is 8.58. The fraction of sp³-hybridized carbons (Fsp3) is 0.238. The average molecular weight is 365 g/mol. The number of benzene rings is 2. The molecule has 1 aliphatic carbocycles. The van der Waals surface area contributed by atoms with Crippen LogP contribution in [0.25, 0.3) is 21.9 Å². The second-order valence-corrected chi connectivity index (χ2v) is 6.61. The summed E-state index contributed by atoms with van der Waals surface area (Å²) in [5, 5.41) is 11.7. The zero-order chi connectivity index (χ0) is 19.3. The van der Waals surface area contributed by atoms with Gasteiger partial charge in [-0.3, -0.25) is 9.78 Å². The minimum Gasteiger partial charge on any atom is -0.504 e. The lowest BCUT2D eigenvalue weighted by Crippen LogP contribution is -2.14. The number of pyridine rings is 1. The van der Waals surface area contributed by atoms with Crippen molar-refractivity contribution in [1.82, 2.24) is 4.98 Å². The molecule has 27 heavy (non-hydrogen) atoms. The summed E-state index contributed by atoms with van der Waals surface area (Å²) in [6, 6.07) is 6.76. The molecule has 0 radical (unpaired) electrons. The maximum absolute atomic E-state index is 13.0. The number of hydrogen-bond acceptors (Lipinski definition) is 6. The van der Waals surface area contributed by atoms with Crippen LogP contribution in [0.2, 0.25) is 0 Å². The van der Waals surface area contributed by atoms with Crippen molar-refractivity contribution in [3.8, 4) is 34.1 Å². The summed E-state index contributed by atoms with van der Waals surface area (Å²) >= 11 is 0. The van der Waals surface area contributed by atoms with Crippen molar-refractivity contribution in [3.63, 3.8) is 0 Å². The SMILES string of the molecule is COc1cc2c(cc1O)C(=O)c1nccc3cc(OC(C)C)c(OC)c-2c13. The van der Waals surface area contributed by atoms with Gasteiger partial charge in [0.15, 0.2) is 23.0 Å². The van der Waals surface area contributed by atoms with E-state index in [4.69, 9.17) is 14.2 Å². The van der Waals surface area contributed by atoms with Crippen molar-refractivity contribution in [3.05, 3.63) is 41.7 Å². The van der Waals surface area contributed by atoms with Crippen LogP contribution in [-0.4, -0.2) is 36.2 Å². The van der Waals surface area contributed by atoms with Crippen molar-refractivity contribution in [2.45, 2.75) is 20.0 Å². The topological polar surface area (TPSA) is 77.9 Å². The van der Waals surface area contributed by atoms with Crippen LogP contribution in [0.1, 0.15) is 29.9 Å². The average Bonchev–Trinajstić information content (AvgIpc) is 2.64. The molecule has 0 saturated carbocycles. The normalized spacial score (nSPS) is 12.3.